The van der Waals surface area contributed by atoms with Crippen LogP contribution in [0.4, 0.5) is 8.78 Å². The Bertz CT molecular complexity index is 695. The highest BCUT2D eigenvalue weighted by molar-refractivity contribution is 5.87. The van der Waals surface area contributed by atoms with Gasteiger partial charge in [-0.1, -0.05) is 12.1 Å². The van der Waals surface area contributed by atoms with E-state index in [0.717, 1.165) is 11.0 Å². The molecule has 8 heteroatoms. The predicted molar refractivity (Wildman–Crippen MR) is 84.7 cm³/mol. The minimum absolute atomic E-state index is 0.0285. The molecule has 2 N–H and O–H groups in total. The van der Waals surface area contributed by atoms with Gasteiger partial charge in [0.05, 0.1) is 0 Å². The fourth-order valence-corrected chi connectivity index (χ4v) is 2.81. The summed E-state index contributed by atoms with van der Waals surface area (Å²) in [5.74, 6) is -4.90. The molecule has 3 unspecified atom stereocenters. The number of amides is 2. The van der Waals surface area contributed by atoms with Crippen molar-refractivity contribution in [3.63, 3.8) is 0 Å². The van der Waals surface area contributed by atoms with Crippen LogP contribution in [0.1, 0.15) is 31.7 Å². The van der Waals surface area contributed by atoms with Crippen LogP contribution in [0.5, 0.6) is 0 Å². The molecule has 1 aromatic rings. The van der Waals surface area contributed by atoms with Crippen LogP contribution in [-0.4, -0.2) is 46.9 Å². The van der Waals surface area contributed by atoms with Crippen molar-refractivity contribution in [3.8, 4) is 0 Å². The highest BCUT2D eigenvalue weighted by Gasteiger charge is 2.48. The summed E-state index contributed by atoms with van der Waals surface area (Å²) in [4.78, 5) is 36.0. The average Bonchev–Trinajstić information content (AvgIpc) is 3.33. The third-order valence-electron chi connectivity index (χ3n) is 4.32. The highest BCUT2D eigenvalue weighted by Crippen LogP contribution is 2.49. The Balaban J connectivity index is 2.10. The van der Waals surface area contributed by atoms with Gasteiger partial charge in [-0.15, -0.1) is 0 Å². The summed E-state index contributed by atoms with van der Waals surface area (Å²) < 4.78 is 27.2. The second-order valence-electron chi connectivity index (χ2n) is 6.12. The molecule has 2 rings (SSSR count). The minimum atomic E-state index is -1.18. The summed E-state index contributed by atoms with van der Waals surface area (Å²) in [5.41, 5.74) is 0.128. The van der Waals surface area contributed by atoms with E-state index in [0.29, 0.717) is 6.42 Å². The smallest absolute Gasteiger partial charge is 0.326 e. The van der Waals surface area contributed by atoms with E-state index >= 15 is 0 Å². The number of carboxylic acids is 1. The van der Waals surface area contributed by atoms with Gasteiger partial charge in [0.1, 0.15) is 6.04 Å². The molecule has 1 fully saturated rings. The zero-order valence-electron chi connectivity index (χ0n) is 14.0. The molecule has 1 aliphatic rings. The molecule has 0 heterocycles. The number of halogens is 2. The molecule has 1 aliphatic carbocycles. The molecule has 0 bridgehead atoms. The van der Waals surface area contributed by atoms with E-state index in [1.165, 1.54) is 26.0 Å². The van der Waals surface area contributed by atoms with Crippen molar-refractivity contribution in [2.45, 2.75) is 32.2 Å². The first-order valence-electron chi connectivity index (χ1n) is 7.95. The van der Waals surface area contributed by atoms with Gasteiger partial charge in [-0.3, -0.25) is 9.59 Å². The van der Waals surface area contributed by atoms with Gasteiger partial charge in [0, 0.05) is 25.9 Å². The number of carbonyl (C=O) groups is 3. The van der Waals surface area contributed by atoms with Gasteiger partial charge in [-0.25, -0.2) is 13.6 Å². The van der Waals surface area contributed by atoms with Gasteiger partial charge in [0.25, 0.3) is 0 Å². The summed E-state index contributed by atoms with van der Waals surface area (Å²) >= 11 is 0. The molecule has 25 heavy (non-hydrogen) atoms. The molecular weight excluding hydrogens is 334 g/mol. The van der Waals surface area contributed by atoms with E-state index in [4.69, 9.17) is 0 Å². The number of nitrogens with zero attached hydrogens (tertiary/aromatic N) is 1. The summed E-state index contributed by atoms with van der Waals surface area (Å²) in [6.07, 6.45) is 0.335. The lowest BCUT2D eigenvalue weighted by atomic mass is 10.1. The quantitative estimate of drug-likeness (QED) is 0.777. The Hall–Kier alpha value is -2.51. The second-order valence-corrected chi connectivity index (χ2v) is 6.12. The topological polar surface area (TPSA) is 86.7 Å². The average molecular weight is 354 g/mol. The van der Waals surface area contributed by atoms with E-state index in [-0.39, 0.29) is 24.6 Å². The lowest BCUT2D eigenvalue weighted by Crippen LogP contribution is -2.47. The van der Waals surface area contributed by atoms with Crippen LogP contribution in [-0.2, 0) is 14.4 Å². The van der Waals surface area contributed by atoms with Gasteiger partial charge in [0.15, 0.2) is 11.6 Å². The SMILES string of the molecule is CC(=O)NCCN(C(=O)C1CC1c1cccc(F)c1F)C(C)C(=O)O. The van der Waals surface area contributed by atoms with Crippen LogP contribution in [0, 0.1) is 17.6 Å². The predicted octanol–water partition coefficient (Wildman–Crippen LogP) is 1.51. The third-order valence-corrected chi connectivity index (χ3v) is 4.32. The van der Waals surface area contributed by atoms with Crippen LogP contribution in [0.3, 0.4) is 0 Å². The van der Waals surface area contributed by atoms with Crippen molar-refractivity contribution in [2.24, 2.45) is 5.92 Å². The summed E-state index contributed by atoms with van der Waals surface area (Å²) in [5, 5.41) is 11.7. The molecule has 3 atom stereocenters. The number of hydrogen-bond acceptors (Lipinski definition) is 3. The normalized spacial score (nSPS) is 19.8. The third kappa shape index (κ3) is 4.32. The van der Waals surface area contributed by atoms with E-state index < -0.39 is 41.4 Å². The molecule has 6 nitrogen and oxygen atoms in total. The van der Waals surface area contributed by atoms with Gasteiger partial charge >= 0.3 is 5.97 Å². The van der Waals surface area contributed by atoms with Crippen molar-refractivity contribution in [1.29, 1.82) is 0 Å². The van der Waals surface area contributed by atoms with Crippen molar-refractivity contribution in [3.05, 3.63) is 35.4 Å². The first-order valence-corrected chi connectivity index (χ1v) is 7.95. The maximum absolute atomic E-state index is 13.9. The highest BCUT2D eigenvalue weighted by atomic mass is 19.2. The molecule has 0 radical (unpaired) electrons. The van der Waals surface area contributed by atoms with Crippen LogP contribution >= 0.6 is 0 Å². The minimum Gasteiger partial charge on any atom is -0.480 e. The summed E-state index contributed by atoms with van der Waals surface area (Å²) in [6.45, 7) is 2.83. The molecule has 1 aromatic carbocycles. The lowest BCUT2D eigenvalue weighted by molar-refractivity contribution is -0.150. The Morgan fingerprint density at radius 2 is 2.04 bits per heavy atom. The summed E-state index contributed by atoms with van der Waals surface area (Å²) in [7, 11) is 0. The lowest BCUT2D eigenvalue weighted by Gasteiger charge is -2.27. The zero-order chi connectivity index (χ0) is 18.7. The standard InChI is InChI=1S/C17H20F2N2O4/c1-9(17(24)25)21(7-6-20-10(2)22)16(23)13-8-12(13)11-4-3-5-14(18)15(11)19/h3-5,9,12-13H,6-8H2,1-2H3,(H,20,22)(H,24,25). The maximum atomic E-state index is 13.9. The van der Waals surface area contributed by atoms with Gasteiger partial charge in [-0.2, -0.15) is 0 Å². The number of carboxylic acid groups (broad SMARTS) is 1. The fraction of sp³-hybridized carbons (Fsp3) is 0.471. The van der Waals surface area contributed by atoms with Gasteiger partial charge in [0.2, 0.25) is 11.8 Å². The number of aliphatic carboxylic acids is 1. The molecular formula is C17H20F2N2O4. The van der Waals surface area contributed by atoms with Crippen molar-refractivity contribution in [1.82, 2.24) is 10.2 Å². The van der Waals surface area contributed by atoms with Crippen LogP contribution in [0.25, 0.3) is 0 Å². The number of nitrogens with one attached hydrogen (secondary N) is 1. The van der Waals surface area contributed by atoms with Gasteiger partial charge < -0.3 is 15.3 Å². The van der Waals surface area contributed by atoms with Crippen LogP contribution in [0.2, 0.25) is 0 Å². The van der Waals surface area contributed by atoms with Crippen molar-refractivity contribution in [2.75, 3.05) is 13.1 Å². The molecule has 0 spiro atoms. The van der Waals surface area contributed by atoms with Crippen molar-refractivity contribution < 1.29 is 28.3 Å². The largest absolute Gasteiger partial charge is 0.480 e. The Kier molecular flexibility index (Phi) is 5.71. The van der Waals surface area contributed by atoms with E-state index in [1.54, 1.807) is 0 Å². The Morgan fingerprint density at radius 3 is 2.64 bits per heavy atom. The second kappa shape index (κ2) is 7.58. The summed E-state index contributed by atoms with van der Waals surface area (Å²) in [6, 6.07) is 2.73. The van der Waals surface area contributed by atoms with Crippen LogP contribution in [0.15, 0.2) is 18.2 Å². The first-order chi connectivity index (χ1) is 11.7. The Morgan fingerprint density at radius 1 is 1.36 bits per heavy atom. The molecule has 0 aliphatic heterocycles. The molecule has 0 aromatic heterocycles. The van der Waals surface area contributed by atoms with E-state index in [9.17, 15) is 28.3 Å². The number of rotatable bonds is 7. The Labute approximate surface area is 143 Å². The monoisotopic (exact) mass is 354 g/mol. The number of hydrogen-bond donors (Lipinski definition) is 2. The number of benzene rings is 1. The van der Waals surface area contributed by atoms with E-state index in [2.05, 4.69) is 5.32 Å². The van der Waals surface area contributed by atoms with E-state index in [1.807, 2.05) is 0 Å². The fourth-order valence-electron chi connectivity index (χ4n) is 2.81. The molecule has 2 amide bonds. The first kappa shape index (κ1) is 18.8. The molecule has 1 saturated carbocycles. The van der Waals surface area contributed by atoms with Crippen LogP contribution < -0.4 is 5.32 Å². The van der Waals surface area contributed by atoms with Crippen molar-refractivity contribution >= 4 is 17.8 Å². The molecule has 0 saturated heterocycles. The molecule has 136 valence electrons. The number of carbonyl (C=O) groups excluding carboxylic acids is 2. The maximum Gasteiger partial charge on any atom is 0.326 e. The zero-order valence-corrected chi connectivity index (χ0v) is 14.0. The van der Waals surface area contributed by atoms with Gasteiger partial charge in [-0.05, 0) is 30.9 Å².